The number of hydrogen-bond donors (Lipinski definition) is 1. The first-order valence-electron chi connectivity index (χ1n) is 3.86. The van der Waals surface area contributed by atoms with Gasteiger partial charge in [0.25, 0.3) is 10.1 Å². The van der Waals surface area contributed by atoms with Crippen LogP contribution in [0.3, 0.4) is 0 Å². The van der Waals surface area contributed by atoms with Crippen LogP contribution in [-0.2, 0) is 20.0 Å². The van der Waals surface area contributed by atoms with Crippen LogP contribution in [0.5, 0.6) is 0 Å². The van der Waals surface area contributed by atoms with Crippen molar-refractivity contribution in [1.82, 2.24) is 0 Å². The van der Waals surface area contributed by atoms with Gasteiger partial charge in [-0.1, -0.05) is 12.1 Å². The topological polar surface area (TPSA) is 91.3 Å². The normalized spacial score (nSPS) is 11.8. The summed E-state index contributed by atoms with van der Waals surface area (Å²) in [6.45, 7) is 0. The van der Waals surface area contributed by atoms with Crippen molar-refractivity contribution in [2.75, 3.05) is 0 Å². The van der Waals surface area contributed by atoms with Crippen LogP contribution in [0.25, 0.3) is 6.08 Å². The van der Waals surface area contributed by atoms with Gasteiger partial charge < -0.3 is 0 Å². The molecule has 1 N–H and O–H groups in total. The first-order valence-corrected chi connectivity index (χ1v) is 5.30. The predicted molar refractivity (Wildman–Crippen MR) is 51.0 cm³/mol. The van der Waals surface area contributed by atoms with Crippen molar-refractivity contribution in [1.29, 1.82) is 0 Å². The Morgan fingerprint density at radius 1 is 1.20 bits per heavy atom. The minimum atomic E-state index is -4.20. The molecule has 0 saturated carbocycles. The van der Waals surface area contributed by atoms with Crippen LogP contribution in [0.15, 0.2) is 35.2 Å². The Morgan fingerprint density at radius 2 is 1.73 bits per heavy atom. The molecule has 0 aliphatic carbocycles. The van der Waals surface area contributed by atoms with E-state index in [0.29, 0.717) is 5.56 Å². The van der Waals surface area contributed by atoms with E-state index >= 15 is 0 Å². The maximum absolute atomic E-state index is 10.6. The quantitative estimate of drug-likeness (QED) is 0.613. The van der Waals surface area contributed by atoms with Crippen molar-refractivity contribution in [2.24, 2.45) is 0 Å². The van der Waals surface area contributed by atoms with E-state index < -0.39 is 16.1 Å². The maximum atomic E-state index is 10.6. The molecule has 0 fully saturated rings. The summed E-state index contributed by atoms with van der Waals surface area (Å²) in [7, 11) is -4.20. The van der Waals surface area contributed by atoms with Crippen molar-refractivity contribution in [2.45, 2.75) is 4.90 Å². The first-order chi connectivity index (χ1) is 6.89. The molecule has 1 radical (unpaired) electrons. The van der Waals surface area contributed by atoms with Gasteiger partial charge in [0.2, 0.25) is 0 Å². The molecule has 0 amide bonds. The lowest BCUT2D eigenvalue weighted by Crippen LogP contribution is -1.97. The molecule has 15 heavy (non-hydrogen) atoms. The highest BCUT2D eigenvalue weighted by Crippen LogP contribution is 2.10. The molecule has 0 bridgehead atoms. The zero-order valence-corrected chi connectivity index (χ0v) is 8.27. The zero-order chi connectivity index (χ0) is 11.5. The largest absolute Gasteiger partial charge is 0.379 e. The Balaban J connectivity index is 2.96. The van der Waals surface area contributed by atoms with Crippen LogP contribution in [0.4, 0.5) is 0 Å². The molecule has 0 aromatic heterocycles. The van der Waals surface area contributed by atoms with Gasteiger partial charge in [0, 0.05) is 6.08 Å². The SMILES string of the molecule is [O]C(=O)C=Cc1ccc(S(=O)(=O)O)cc1. The Bertz CT molecular complexity index is 484. The maximum Gasteiger partial charge on any atom is 0.379 e. The van der Waals surface area contributed by atoms with E-state index in [1.807, 2.05) is 0 Å². The second-order valence-electron chi connectivity index (χ2n) is 2.70. The third-order valence-electron chi connectivity index (χ3n) is 1.59. The highest BCUT2D eigenvalue weighted by molar-refractivity contribution is 7.85. The molecule has 0 heterocycles. The van der Waals surface area contributed by atoms with Gasteiger partial charge in [-0.15, -0.1) is 0 Å². The second kappa shape index (κ2) is 4.24. The summed E-state index contributed by atoms with van der Waals surface area (Å²) in [4.78, 5) is 9.82. The number of carbonyl (C=O) groups excluding carboxylic acids is 1. The van der Waals surface area contributed by atoms with Crippen molar-refractivity contribution in [3.8, 4) is 0 Å². The molecule has 5 nitrogen and oxygen atoms in total. The van der Waals surface area contributed by atoms with Crippen molar-refractivity contribution < 1.29 is 22.9 Å². The summed E-state index contributed by atoms with van der Waals surface area (Å²) >= 11 is 0. The zero-order valence-electron chi connectivity index (χ0n) is 7.45. The van der Waals surface area contributed by atoms with Crippen LogP contribution in [0, 0.1) is 0 Å². The fourth-order valence-corrected chi connectivity index (χ4v) is 1.40. The number of benzene rings is 1. The summed E-state index contributed by atoms with van der Waals surface area (Å²) in [6, 6.07) is 5.07. The fourth-order valence-electron chi connectivity index (χ4n) is 0.915. The van der Waals surface area contributed by atoms with Gasteiger partial charge in [-0.2, -0.15) is 8.42 Å². The van der Waals surface area contributed by atoms with E-state index in [9.17, 15) is 18.3 Å². The molecule has 0 aliphatic heterocycles. The van der Waals surface area contributed by atoms with E-state index in [-0.39, 0.29) is 4.90 Å². The Kier molecular flexibility index (Phi) is 3.23. The van der Waals surface area contributed by atoms with E-state index in [4.69, 9.17) is 4.55 Å². The van der Waals surface area contributed by atoms with Gasteiger partial charge in [-0.3, -0.25) is 4.55 Å². The molecule has 79 valence electrons. The van der Waals surface area contributed by atoms with Crippen molar-refractivity contribution in [3.05, 3.63) is 35.9 Å². The average molecular weight is 227 g/mol. The molecule has 6 heteroatoms. The molecule has 1 aromatic rings. The second-order valence-corrected chi connectivity index (χ2v) is 4.12. The first kappa shape index (κ1) is 11.4. The van der Waals surface area contributed by atoms with Gasteiger partial charge >= 0.3 is 5.97 Å². The average Bonchev–Trinajstić information content (AvgIpc) is 2.14. The summed E-state index contributed by atoms with van der Waals surface area (Å²) in [5, 5.41) is 10.1. The Hall–Kier alpha value is -1.66. The van der Waals surface area contributed by atoms with Gasteiger partial charge in [0.1, 0.15) is 0 Å². The number of carbonyl (C=O) groups is 1. The third-order valence-corrected chi connectivity index (χ3v) is 2.46. The summed E-state index contributed by atoms with van der Waals surface area (Å²) in [6.07, 6.45) is 2.07. The van der Waals surface area contributed by atoms with Crippen molar-refractivity contribution in [3.63, 3.8) is 0 Å². The molecule has 1 rings (SSSR count). The molecule has 0 atom stereocenters. The van der Waals surface area contributed by atoms with Gasteiger partial charge in [0.05, 0.1) is 4.90 Å². The molecular weight excluding hydrogens is 220 g/mol. The molecular formula is C9H7O5S. The van der Waals surface area contributed by atoms with Crippen molar-refractivity contribution >= 4 is 22.2 Å². The molecule has 0 unspecified atom stereocenters. The van der Waals surface area contributed by atoms with Crippen LogP contribution >= 0.6 is 0 Å². The fraction of sp³-hybridized carbons (Fsp3) is 0. The molecule has 0 spiro atoms. The molecule has 1 aromatic carbocycles. The van der Waals surface area contributed by atoms with Crippen LogP contribution in [0.2, 0.25) is 0 Å². The molecule has 0 saturated heterocycles. The van der Waals surface area contributed by atoms with Crippen LogP contribution in [-0.4, -0.2) is 18.9 Å². The Labute approximate surface area is 86.4 Å². The predicted octanol–water partition coefficient (Wildman–Crippen LogP) is 0.904. The highest BCUT2D eigenvalue weighted by Gasteiger charge is 2.07. The summed E-state index contributed by atoms with van der Waals surface area (Å²) in [5.74, 6) is -1.34. The van der Waals surface area contributed by atoms with E-state index in [1.165, 1.54) is 30.3 Å². The minimum absolute atomic E-state index is 0.242. The van der Waals surface area contributed by atoms with E-state index in [0.717, 1.165) is 6.08 Å². The lowest BCUT2D eigenvalue weighted by atomic mass is 10.2. The highest BCUT2D eigenvalue weighted by atomic mass is 32.2. The van der Waals surface area contributed by atoms with E-state index in [1.54, 1.807) is 0 Å². The van der Waals surface area contributed by atoms with Crippen LogP contribution in [0.1, 0.15) is 5.56 Å². The third kappa shape index (κ3) is 3.53. The standard InChI is InChI=1S/C9H7O5S/c10-9(11)6-3-7-1-4-8(5-2-7)15(12,13)14/h1-6H,(H,12,13,14). The Morgan fingerprint density at radius 3 is 2.13 bits per heavy atom. The van der Waals surface area contributed by atoms with Gasteiger partial charge in [-0.05, 0) is 23.8 Å². The lowest BCUT2D eigenvalue weighted by molar-refractivity contribution is -0.137. The van der Waals surface area contributed by atoms with Gasteiger partial charge in [-0.25, -0.2) is 9.90 Å². The minimum Gasteiger partial charge on any atom is -0.282 e. The lowest BCUT2D eigenvalue weighted by Gasteiger charge is -1.96. The number of rotatable bonds is 3. The van der Waals surface area contributed by atoms with Crippen LogP contribution < -0.4 is 0 Å². The number of hydrogen-bond acceptors (Lipinski definition) is 3. The summed E-state index contributed by atoms with van der Waals surface area (Å²) < 4.78 is 29.9. The monoisotopic (exact) mass is 227 g/mol. The summed E-state index contributed by atoms with van der Waals surface area (Å²) in [5.41, 5.74) is 0.492. The van der Waals surface area contributed by atoms with Gasteiger partial charge in [0.15, 0.2) is 0 Å². The smallest absolute Gasteiger partial charge is 0.282 e. The molecule has 0 aliphatic rings. The van der Waals surface area contributed by atoms with E-state index in [2.05, 4.69) is 0 Å².